The molecular formula is C26H26F3NO2. The molecule has 0 aliphatic rings. The summed E-state index contributed by atoms with van der Waals surface area (Å²) in [4.78, 5) is 17.0. The number of esters is 1. The van der Waals surface area contributed by atoms with Gasteiger partial charge in [0.15, 0.2) is 0 Å². The molecule has 168 valence electrons. The molecule has 3 nitrogen and oxygen atoms in total. The third-order valence-electron chi connectivity index (χ3n) is 5.15. The summed E-state index contributed by atoms with van der Waals surface area (Å²) in [5.41, 5.74) is 0.582. The van der Waals surface area contributed by atoms with Crippen molar-refractivity contribution >= 4 is 5.97 Å². The highest BCUT2D eigenvalue weighted by atomic mass is 19.4. The number of hydrogen-bond acceptors (Lipinski definition) is 3. The summed E-state index contributed by atoms with van der Waals surface area (Å²) < 4.78 is 48.7. The molecular weight excluding hydrogens is 415 g/mol. The molecule has 0 aliphatic carbocycles. The molecule has 3 aromatic rings. The van der Waals surface area contributed by atoms with Crippen LogP contribution in [0.3, 0.4) is 0 Å². The molecule has 0 spiro atoms. The Hall–Kier alpha value is -3.15. The maximum atomic E-state index is 14.5. The lowest BCUT2D eigenvalue weighted by Gasteiger charge is -2.25. The van der Waals surface area contributed by atoms with Gasteiger partial charge < -0.3 is 4.74 Å². The van der Waals surface area contributed by atoms with Gasteiger partial charge in [0.05, 0.1) is 23.8 Å². The van der Waals surface area contributed by atoms with Crippen molar-refractivity contribution < 1.29 is 22.7 Å². The van der Waals surface area contributed by atoms with Gasteiger partial charge in [-0.15, -0.1) is 0 Å². The van der Waals surface area contributed by atoms with E-state index in [-0.39, 0.29) is 35.8 Å². The van der Waals surface area contributed by atoms with Gasteiger partial charge in [0.1, 0.15) is 0 Å². The van der Waals surface area contributed by atoms with E-state index in [4.69, 9.17) is 4.74 Å². The van der Waals surface area contributed by atoms with E-state index in [1.807, 2.05) is 44.2 Å². The summed E-state index contributed by atoms with van der Waals surface area (Å²) in [6, 6.07) is 17.0. The van der Waals surface area contributed by atoms with Crippen molar-refractivity contribution in [3.05, 3.63) is 78.0 Å². The predicted octanol–water partition coefficient (Wildman–Crippen LogP) is 7.13. The van der Waals surface area contributed by atoms with Crippen LogP contribution in [0, 0.1) is 5.92 Å². The fourth-order valence-corrected chi connectivity index (χ4v) is 3.84. The molecule has 1 heterocycles. The molecule has 1 aromatic heterocycles. The van der Waals surface area contributed by atoms with Gasteiger partial charge in [-0.05, 0) is 60.2 Å². The van der Waals surface area contributed by atoms with Gasteiger partial charge in [0.25, 0.3) is 0 Å². The van der Waals surface area contributed by atoms with Crippen LogP contribution in [-0.4, -0.2) is 17.6 Å². The summed E-state index contributed by atoms with van der Waals surface area (Å²) in [5, 5.41) is 0. The molecule has 1 unspecified atom stereocenters. The molecule has 2 aromatic carbocycles. The first-order valence-corrected chi connectivity index (χ1v) is 10.6. The highest BCUT2D eigenvalue weighted by Crippen LogP contribution is 2.45. The maximum absolute atomic E-state index is 14.5. The molecule has 0 bridgehead atoms. The molecule has 0 saturated carbocycles. The highest BCUT2D eigenvalue weighted by molar-refractivity contribution is 5.83. The number of rotatable bonds is 7. The average Bonchev–Trinajstić information content (AvgIpc) is 2.77. The van der Waals surface area contributed by atoms with E-state index in [2.05, 4.69) is 4.98 Å². The lowest BCUT2D eigenvalue weighted by atomic mass is 9.82. The topological polar surface area (TPSA) is 39.2 Å². The van der Waals surface area contributed by atoms with Gasteiger partial charge in [0, 0.05) is 11.8 Å². The van der Waals surface area contributed by atoms with Gasteiger partial charge in [0.2, 0.25) is 0 Å². The largest absolute Gasteiger partial charge is 0.466 e. The van der Waals surface area contributed by atoms with Crippen molar-refractivity contribution in [1.29, 1.82) is 0 Å². The fraction of sp³-hybridized carbons (Fsp3) is 0.308. The Bertz CT molecular complexity index is 1050. The van der Waals surface area contributed by atoms with Crippen LogP contribution in [0.4, 0.5) is 13.2 Å². The summed E-state index contributed by atoms with van der Waals surface area (Å²) in [6.45, 7) is 5.50. The molecule has 0 amide bonds. The molecule has 0 saturated heterocycles. The third-order valence-corrected chi connectivity index (χ3v) is 5.15. The van der Waals surface area contributed by atoms with Gasteiger partial charge in [-0.3, -0.25) is 9.78 Å². The number of alkyl halides is 3. The van der Waals surface area contributed by atoms with Crippen molar-refractivity contribution in [1.82, 2.24) is 4.98 Å². The van der Waals surface area contributed by atoms with Gasteiger partial charge >= 0.3 is 12.1 Å². The number of ether oxygens (including phenoxy) is 1. The molecule has 6 heteroatoms. The minimum atomic E-state index is -4.68. The zero-order chi connectivity index (χ0) is 23.3. The molecule has 0 radical (unpaired) electrons. The third kappa shape index (κ3) is 5.36. The van der Waals surface area contributed by atoms with Crippen molar-refractivity contribution in [2.24, 2.45) is 5.92 Å². The smallest absolute Gasteiger partial charge is 0.417 e. The number of pyridine rings is 1. The first kappa shape index (κ1) is 23.5. The van der Waals surface area contributed by atoms with Gasteiger partial charge in [-0.1, -0.05) is 50.2 Å². The Balaban J connectivity index is 2.38. The van der Waals surface area contributed by atoms with E-state index >= 15 is 0 Å². The van der Waals surface area contributed by atoms with Crippen LogP contribution in [0.2, 0.25) is 0 Å². The van der Waals surface area contributed by atoms with E-state index in [1.165, 1.54) is 18.3 Å². The zero-order valence-corrected chi connectivity index (χ0v) is 18.3. The number of hydrogen-bond donors (Lipinski definition) is 0. The second-order valence-electron chi connectivity index (χ2n) is 8.00. The molecule has 0 N–H and O–H groups in total. The van der Waals surface area contributed by atoms with Crippen molar-refractivity contribution in [2.45, 2.75) is 39.3 Å². The standard InChI is InChI=1S/C26H26F3NO2/c1-4-32-25(31)21(14-17(2)3)20-15-19(18-10-6-5-7-11-18)16-22(24(20)26(27,28)29)23-12-8-9-13-30-23/h5-13,15-17,21H,4,14H2,1-3H3. The first-order chi connectivity index (χ1) is 15.2. The van der Waals surface area contributed by atoms with Crippen molar-refractivity contribution in [2.75, 3.05) is 6.61 Å². The predicted molar refractivity (Wildman–Crippen MR) is 119 cm³/mol. The van der Waals surface area contributed by atoms with Crippen molar-refractivity contribution in [3.8, 4) is 22.4 Å². The minimum Gasteiger partial charge on any atom is -0.466 e. The number of benzene rings is 2. The van der Waals surface area contributed by atoms with Crippen LogP contribution >= 0.6 is 0 Å². The number of nitrogens with zero attached hydrogens (tertiary/aromatic N) is 1. The monoisotopic (exact) mass is 441 g/mol. The molecule has 0 aliphatic heterocycles. The summed E-state index contributed by atoms with van der Waals surface area (Å²) in [5.74, 6) is -1.70. The number of aromatic nitrogens is 1. The van der Waals surface area contributed by atoms with Gasteiger partial charge in [-0.2, -0.15) is 13.2 Å². The lowest BCUT2D eigenvalue weighted by Crippen LogP contribution is -2.23. The normalized spacial score (nSPS) is 12.6. The Morgan fingerprint density at radius 1 is 1.00 bits per heavy atom. The molecule has 32 heavy (non-hydrogen) atoms. The Morgan fingerprint density at radius 2 is 1.69 bits per heavy atom. The lowest BCUT2D eigenvalue weighted by molar-refractivity contribution is -0.146. The van der Waals surface area contributed by atoms with Crippen LogP contribution in [-0.2, 0) is 15.7 Å². The van der Waals surface area contributed by atoms with Crippen molar-refractivity contribution in [3.63, 3.8) is 0 Å². The molecule has 1 atom stereocenters. The van der Waals surface area contributed by atoms with E-state index in [0.29, 0.717) is 5.56 Å². The summed E-state index contributed by atoms with van der Waals surface area (Å²) in [6.07, 6.45) is -2.98. The minimum absolute atomic E-state index is 0.0100. The second kappa shape index (κ2) is 9.98. The summed E-state index contributed by atoms with van der Waals surface area (Å²) in [7, 11) is 0. The quantitative estimate of drug-likeness (QED) is 0.366. The average molecular weight is 441 g/mol. The van der Waals surface area contributed by atoms with E-state index in [1.54, 1.807) is 25.1 Å². The first-order valence-electron chi connectivity index (χ1n) is 10.6. The second-order valence-corrected chi connectivity index (χ2v) is 8.00. The Morgan fingerprint density at radius 3 is 2.25 bits per heavy atom. The Kier molecular flexibility index (Phi) is 7.33. The number of carbonyl (C=O) groups excluding carboxylic acids is 1. The molecule has 3 rings (SSSR count). The SMILES string of the molecule is CCOC(=O)C(CC(C)C)c1cc(-c2ccccc2)cc(-c2ccccn2)c1C(F)(F)F. The van der Waals surface area contributed by atoms with Crippen LogP contribution in [0.15, 0.2) is 66.9 Å². The van der Waals surface area contributed by atoms with Crippen LogP contribution in [0.1, 0.15) is 44.2 Å². The van der Waals surface area contributed by atoms with E-state index < -0.39 is 23.6 Å². The number of halogens is 3. The fourth-order valence-electron chi connectivity index (χ4n) is 3.84. The van der Waals surface area contributed by atoms with Gasteiger partial charge in [-0.25, -0.2) is 0 Å². The highest BCUT2D eigenvalue weighted by Gasteiger charge is 2.41. The number of carbonyl (C=O) groups is 1. The van der Waals surface area contributed by atoms with Crippen LogP contribution < -0.4 is 0 Å². The zero-order valence-electron chi connectivity index (χ0n) is 18.3. The van der Waals surface area contributed by atoms with Crippen LogP contribution in [0.5, 0.6) is 0 Å². The maximum Gasteiger partial charge on any atom is 0.417 e. The molecule has 0 fully saturated rings. The van der Waals surface area contributed by atoms with E-state index in [9.17, 15) is 18.0 Å². The summed E-state index contributed by atoms with van der Waals surface area (Å²) >= 11 is 0. The Labute approximate surface area is 186 Å². The van der Waals surface area contributed by atoms with Crippen LogP contribution in [0.25, 0.3) is 22.4 Å². The van der Waals surface area contributed by atoms with E-state index in [0.717, 1.165) is 5.56 Å².